The molecule has 0 atom stereocenters. The fraction of sp³-hybridized carbons (Fsp3) is 0.182. The van der Waals surface area contributed by atoms with E-state index in [4.69, 9.17) is 12.2 Å². The van der Waals surface area contributed by atoms with Crippen molar-refractivity contribution in [2.75, 3.05) is 11.6 Å². The Kier molecular flexibility index (Phi) is 4.59. The minimum atomic E-state index is -3.36. The molecular formula is C11H9F2N3O2S3. The van der Waals surface area contributed by atoms with E-state index in [1.54, 1.807) is 6.07 Å². The van der Waals surface area contributed by atoms with Gasteiger partial charge in [-0.05, 0) is 29.7 Å². The average Bonchev–Trinajstić information content (AvgIpc) is 2.87. The number of aromatic nitrogens is 2. The van der Waals surface area contributed by atoms with Gasteiger partial charge in [0.1, 0.15) is 9.87 Å². The highest BCUT2D eigenvalue weighted by Gasteiger charge is 2.21. The quantitative estimate of drug-likeness (QED) is 0.856. The lowest BCUT2D eigenvalue weighted by Crippen LogP contribution is -2.12. The second-order valence-corrected chi connectivity index (χ2v) is 7.22. The van der Waals surface area contributed by atoms with E-state index in [1.165, 1.54) is 18.2 Å². The van der Waals surface area contributed by atoms with Crippen LogP contribution in [0.4, 0.5) is 14.5 Å². The molecule has 1 aromatic heterocycles. The third-order valence-electron chi connectivity index (χ3n) is 2.45. The molecule has 0 aliphatic heterocycles. The van der Waals surface area contributed by atoms with Crippen molar-refractivity contribution in [2.24, 2.45) is 0 Å². The summed E-state index contributed by atoms with van der Waals surface area (Å²) >= 11 is 5.79. The van der Waals surface area contributed by atoms with Crippen molar-refractivity contribution in [3.8, 4) is 0 Å². The molecule has 1 heterocycles. The first-order valence-corrected chi connectivity index (χ1v) is 8.58. The minimum Gasteiger partial charge on any atom is -0.345 e. The third kappa shape index (κ3) is 3.77. The van der Waals surface area contributed by atoms with Gasteiger partial charge in [0.25, 0.3) is 6.43 Å². The van der Waals surface area contributed by atoms with E-state index < -0.39 is 22.0 Å². The molecule has 112 valence electrons. The van der Waals surface area contributed by atoms with Crippen LogP contribution in [0, 0.1) is 0 Å². The Bertz CT molecular complexity index is 775. The second-order valence-electron chi connectivity index (χ2n) is 4.04. The van der Waals surface area contributed by atoms with Crippen LogP contribution in [0.1, 0.15) is 17.0 Å². The molecule has 0 radical (unpaired) electrons. The standard InChI is InChI=1S/C11H9F2N3O2S3/c1-21(17,18)7-4-2-3-6(5-7)14-11(19)9-8(10(12)13)15-16-20-9/h2-5,10H,1H3,(H,14,19). The molecule has 0 fully saturated rings. The summed E-state index contributed by atoms with van der Waals surface area (Å²) in [6.07, 6.45) is -1.70. The van der Waals surface area contributed by atoms with E-state index in [9.17, 15) is 17.2 Å². The van der Waals surface area contributed by atoms with Crippen molar-refractivity contribution in [3.05, 3.63) is 34.8 Å². The fourth-order valence-electron chi connectivity index (χ4n) is 1.49. The Labute approximate surface area is 129 Å². The molecule has 10 heteroatoms. The van der Waals surface area contributed by atoms with Crippen LogP contribution in [0.5, 0.6) is 0 Å². The number of halogens is 2. The van der Waals surface area contributed by atoms with Gasteiger partial charge in [-0.3, -0.25) is 0 Å². The maximum Gasteiger partial charge on any atom is 0.283 e. The summed E-state index contributed by atoms with van der Waals surface area (Å²) in [5, 5.41) is 6.05. The van der Waals surface area contributed by atoms with Gasteiger partial charge >= 0.3 is 0 Å². The van der Waals surface area contributed by atoms with Crippen LogP contribution in [0.3, 0.4) is 0 Å². The number of hydrogen-bond donors (Lipinski definition) is 1. The molecule has 1 aromatic carbocycles. The molecular weight excluding hydrogens is 340 g/mol. The Morgan fingerprint density at radius 2 is 2.14 bits per heavy atom. The molecule has 0 unspecified atom stereocenters. The molecule has 0 saturated heterocycles. The monoisotopic (exact) mass is 349 g/mol. The predicted octanol–water partition coefficient (Wildman–Crippen LogP) is 2.67. The fourth-order valence-corrected chi connectivity index (χ4v) is 3.06. The molecule has 0 spiro atoms. The van der Waals surface area contributed by atoms with E-state index >= 15 is 0 Å². The Morgan fingerprint density at radius 1 is 1.43 bits per heavy atom. The van der Waals surface area contributed by atoms with Crippen LogP contribution in [0.2, 0.25) is 0 Å². The summed E-state index contributed by atoms with van der Waals surface area (Å²) in [4.78, 5) is 0.183. The van der Waals surface area contributed by atoms with E-state index in [0.717, 1.165) is 17.8 Å². The van der Waals surface area contributed by atoms with E-state index in [-0.39, 0.29) is 14.8 Å². The number of nitrogens with zero attached hydrogens (tertiary/aromatic N) is 2. The van der Waals surface area contributed by atoms with Crippen molar-refractivity contribution in [1.29, 1.82) is 0 Å². The smallest absolute Gasteiger partial charge is 0.283 e. The van der Waals surface area contributed by atoms with Gasteiger partial charge < -0.3 is 5.32 Å². The molecule has 2 rings (SSSR count). The summed E-state index contributed by atoms with van der Waals surface area (Å²) in [6.45, 7) is 0. The van der Waals surface area contributed by atoms with Gasteiger partial charge in [-0.1, -0.05) is 22.8 Å². The molecule has 0 aliphatic carbocycles. The Balaban J connectivity index is 2.26. The van der Waals surface area contributed by atoms with Crippen LogP contribution in [-0.4, -0.2) is 29.2 Å². The molecule has 0 bridgehead atoms. The van der Waals surface area contributed by atoms with Gasteiger partial charge in [0.05, 0.1) is 4.90 Å². The van der Waals surface area contributed by atoms with Gasteiger partial charge in [-0.15, -0.1) is 5.10 Å². The summed E-state index contributed by atoms with van der Waals surface area (Å²) in [5.74, 6) is 0. The van der Waals surface area contributed by atoms with Crippen LogP contribution < -0.4 is 5.32 Å². The van der Waals surface area contributed by atoms with Crippen molar-refractivity contribution in [1.82, 2.24) is 9.59 Å². The highest BCUT2D eigenvalue weighted by atomic mass is 32.2. The SMILES string of the molecule is CS(=O)(=O)c1cccc(NC(=S)c2snnc2C(F)F)c1. The first kappa shape index (κ1) is 15.9. The third-order valence-corrected chi connectivity index (χ3v) is 4.75. The molecule has 1 N–H and O–H groups in total. The zero-order valence-corrected chi connectivity index (χ0v) is 13.0. The number of anilines is 1. The highest BCUT2D eigenvalue weighted by molar-refractivity contribution is 7.90. The normalized spacial score (nSPS) is 11.6. The lowest BCUT2D eigenvalue weighted by Gasteiger charge is -2.08. The summed E-state index contributed by atoms with van der Waals surface area (Å²) in [5.41, 5.74) is -0.103. The number of alkyl halides is 2. The van der Waals surface area contributed by atoms with Gasteiger partial charge in [0, 0.05) is 11.9 Å². The summed E-state index contributed by atoms with van der Waals surface area (Å²) in [6, 6.07) is 5.91. The molecule has 0 aliphatic rings. The van der Waals surface area contributed by atoms with Crippen molar-refractivity contribution in [2.45, 2.75) is 11.3 Å². The molecule has 5 nitrogen and oxygen atoms in total. The van der Waals surface area contributed by atoms with Gasteiger partial charge in [0.15, 0.2) is 15.5 Å². The first-order valence-electron chi connectivity index (χ1n) is 5.51. The zero-order chi connectivity index (χ0) is 15.6. The molecule has 2 aromatic rings. The van der Waals surface area contributed by atoms with Gasteiger partial charge in [-0.2, -0.15) is 0 Å². The largest absolute Gasteiger partial charge is 0.345 e. The van der Waals surface area contributed by atoms with Crippen molar-refractivity contribution >= 4 is 44.3 Å². The van der Waals surface area contributed by atoms with Crippen molar-refractivity contribution in [3.63, 3.8) is 0 Å². The van der Waals surface area contributed by atoms with Crippen LogP contribution in [0.15, 0.2) is 29.2 Å². The molecule has 21 heavy (non-hydrogen) atoms. The van der Waals surface area contributed by atoms with Crippen LogP contribution >= 0.6 is 23.8 Å². The topological polar surface area (TPSA) is 72.0 Å². The number of nitrogens with one attached hydrogen (secondary N) is 1. The van der Waals surface area contributed by atoms with E-state index in [0.29, 0.717) is 5.69 Å². The molecule has 0 amide bonds. The van der Waals surface area contributed by atoms with Crippen LogP contribution in [-0.2, 0) is 9.84 Å². The zero-order valence-electron chi connectivity index (χ0n) is 10.6. The van der Waals surface area contributed by atoms with Crippen molar-refractivity contribution < 1.29 is 17.2 Å². The Hall–Kier alpha value is -1.52. The van der Waals surface area contributed by atoms with Gasteiger partial charge in [0.2, 0.25) is 0 Å². The Morgan fingerprint density at radius 3 is 2.76 bits per heavy atom. The molecule has 0 saturated carbocycles. The number of hydrogen-bond acceptors (Lipinski definition) is 6. The number of sulfone groups is 1. The summed E-state index contributed by atoms with van der Waals surface area (Å²) in [7, 11) is -3.36. The number of rotatable bonds is 4. The highest BCUT2D eigenvalue weighted by Crippen LogP contribution is 2.24. The number of thiocarbonyl (C=S) groups is 1. The maximum atomic E-state index is 12.7. The maximum absolute atomic E-state index is 12.7. The van der Waals surface area contributed by atoms with Crippen LogP contribution in [0.25, 0.3) is 0 Å². The average molecular weight is 349 g/mol. The second kappa shape index (κ2) is 6.08. The lowest BCUT2D eigenvalue weighted by atomic mass is 10.3. The van der Waals surface area contributed by atoms with E-state index in [2.05, 4.69) is 14.9 Å². The van der Waals surface area contributed by atoms with Gasteiger partial charge in [-0.25, -0.2) is 17.2 Å². The summed E-state index contributed by atoms with van der Waals surface area (Å²) < 4.78 is 51.8. The lowest BCUT2D eigenvalue weighted by molar-refractivity contribution is 0.146. The number of benzene rings is 1. The first-order chi connectivity index (χ1) is 9.79. The predicted molar refractivity (Wildman–Crippen MR) is 79.7 cm³/mol. The minimum absolute atomic E-state index is 0.0194. The van der Waals surface area contributed by atoms with E-state index in [1.807, 2.05) is 0 Å².